The number of rotatable bonds is 6. The minimum Gasteiger partial charge on any atom is -0.569 e. The van der Waals surface area contributed by atoms with Crippen LogP contribution in [0.25, 0.3) is 0 Å². The summed E-state index contributed by atoms with van der Waals surface area (Å²) < 4.78 is 21.2. The SMILES string of the molecule is CCN(CC)/[N+]([O-])=N/OCS(C)(=O)=O. The van der Waals surface area contributed by atoms with E-state index < -0.39 is 15.8 Å². The highest BCUT2D eigenvalue weighted by Gasteiger charge is 2.08. The molecule has 0 bridgehead atoms. The zero-order chi connectivity index (χ0) is 11.2. The lowest BCUT2D eigenvalue weighted by Crippen LogP contribution is -2.30. The van der Waals surface area contributed by atoms with Gasteiger partial charge >= 0.3 is 0 Å². The molecule has 0 unspecified atom stereocenters. The van der Waals surface area contributed by atoms with Gasteiger partial charge in [-0.15, -0.1) is 5.01 Å². The van der Waals surface area contributed by atoms with Crippen LogP contribution in [-0.2, 0) is 14.7 Å². The number of hydrogen-bond donors (Lipinski definition) is 0. The van der Waals surface area contributed by atoms with Crippen molar-refractivity contribution in [2.24, 2.45) is 5.28 Å². The van der Waals surface area contributed by atoms with Crippen molar-refractivity contribution in [1.29, 1.82) is 0 Å². The first-order chi connectivity index (χ1) is 6.40. The molecule has 14 heavy (non-hydrogen) atoms. The normalized spacial score (nSPS) is 12.6. The molecule has 0 aliphatic carbocycles. The molecule has 0 saturated carbocycles. The Labute approximate surface area is 83.4 Å². The van der Waals surface area contributed by atoms with Crippen molar-refractivity contribution in [3.63, 3.8) is 0 Å². The average Bonchev–Trinajstić information content (AvgIpc) is 2.04. The third kappa shape index (κ3) is 5.57. The summed E-state index contributed by atoms with van der Waals surface area (Å²) in [6.07, 6.45) is 0.995. The summed E-state index contributed by atoms with van der Waals surface area (Å²) >= 11 is 0. The third-order valence-corrected chi connectivity index (χ3v) is 1.90. The van der Waals surface area contributed by atoms with Crippen molar-refractivity contribution < 1.29 is 18.2 Å². The van der Waals surface area contributed by atoms with Gasteiger partial charge in [-0.1, -0.05) is 0 Å². The quantitative estimate of drug-likeness (QED) is 0.364. The maximum absolute atomic E-state index is 11.0. The van der Waals surface area contributed by atoms with E-state index in [2.05, 4.69) is 10.1 Å². The first-order valence-electron chi connectivity index (χ1n) is 4.13. The monoisotopic (exact) mass is 225 g/mol. The fourth-order valence-corrected chi connectivity index (χ4v) is 0.925. The summed E-state index contributed by atoms with van der Waals surface area (Å²) in [5.41, 5.74) is 0. The maximum Gasteiger partial charge on any atom is 0.234 e. The average molecular weight is 225 g/mol. The van der Waals surface area contributed by atoms with Crippen molar-refractivity contribution in [2.75, 3.05) is 25.3 Å². The van der Waals surface area contributed by atoms with Gasteiger partial charge in [-0.3, -0.25) is 0 Å². The molecule has 0 rings (SSSR count). The van der Waals surface area contributed by atoms with E-state index in [1.54, 1.807) is 13.8 Å². The minimum absolute atomic E-state index is 0.241. The van der Waals surface area contributed by atoms with Crippen molar-refractivity contribution in [3.05, 3.63) is 5.21 Å². The van der Waals surface area contributed by atoms with Gasteiger partial charge in [-0.05, 0) is 13.8 Å². The molecule has 0 fully saturated rings. The number of nitrogens with zero attached hydrogens (tertiary/aromatic N) is 3. The Balaban J connectivity index is 4.12. The zero-order valence-corrected chi connectivity index (χ0v) is 9.32. The van der Waals surface area contributed by atoms with E-state index in [0.717, 1.165) is 6.26 Å². The molecule has 0 saturated heterocycles. The van der Waals surface area contributed by atoms with Crippen LogP contribution in [-0.4, -0.2) is 43.7 Å². The fourth-order valence-electron chi connectivity index (χ4n) is 0.686. The Morgan fingerprint density at radius 2 is 1.93 bits per heavy atom. The second-order valence-corrected chi connectivity index (χ2v) is 4.73. The summed E-state index contributed by atoms with van der Waals surface area (Å²) in [5, 5.41) is 15.5. The Morgan fingerprint density at radius 1 is 1.43 bits per heavy atom. The van der Waals surface area contributed by atoms with Crippen LogP contribution in [0.15, 0.2) is 5.28 Å². The highest BCUT2D eigenvalue weighted by molar-refractivity contribution is 7.90. The predicted molar refractivity (Wildman–Crippen MR) is 49.8 cm³/mol. The van der Waals surface area contributed by atoms with Crippen LogP contribution in [0.4, 0.5) is 0 Å². The highest BCUT2D eigenvalue weighted by Crippen LogP contribution is 1.92. The van der Waals surface area contributed by atoms with E-state index in [1.165, 1.54) is 5.01 Å². The van der Waals surface area contributed by atoms with Gasteiger partial charge in [0.15, 0.2) is 9.84 Å². The lowest BCUT2D eigenvalue weighted by atomic mass is 10.6. The molecule has 8 heteroatoms. The predicted octanol–water partition coefficient (Wildman–Crippen LogP) is 0.139. The van der Waals surface area contributed by atoms with E-state index in [-0.39, 0.29) is 4.97 Å². The largest absolute Gasteiger partial charge is 0.569 e. The molecule has 0 aliphatic heterocycles. The fraction of sp³-hybridized carbons (Fsp3) is 1.00. The van der Waals surface area contributed by atoms with Crippen LogP contribution in [0.1, 0.15) is 13.8 Å². The van der Waals surface area contributed by atoms with Gasteiger partial charge in [0.25, 0.3) is 0 Å². The summed E-state index contributed by atoms with van der Waals surface area (Å²) in [6, 6.07) is 0. The van der Waals surface area contributed by atoms with Crippen molar-refractivity contribution in [1.82, 2.24) is 5.01 Å². The molecule has 0 radical (unpaired) electrons. The lowest BCUT2D eigenvalue weighted by molar-refractivity contribution is -0.709. The zero-order valence-electron chi connectivity index (χ0n) is 8.50. The van der Waals surface area contributed by atoms with Gasteiger partial charge in [-0.2, -0.15) is 0 Å². The minimum atomic E-state index is -3.26. The molecule has 0 atom stereocenters. The molecule has 0 N–H and O–H groups in total. The Hall–Kier alpha value is -1.05. The van der Waals surface area contributed by atoms with E-state index >= 15 is 0 Å². The molecule has 7 nitrogen and oxygen atoms in total. The first kappa shape index (κ1) is 12.9. The smallest absolute Gasteiger partial charge is 0.234 e. The van der Waals surface area contributed by atoms with Crippen LogP contribution in [0.3, 0.4) is 0 Å². The van der Waals surface area contributed by atoms with Gasteiger partial charge in [0, 0.05) is 6.26 Å². The van der Waals surface area contributed by atoms with Gasteiger partial charge in [0.2, 0.25) is 11.2 Å². The van der Waals surface area contributed by atoms with Crippen LogP contribution in [0.2, 0.25) is 0 Å². The molecule has 0 amide bonds. The summed E-state index contributed by atoms with van der Waals surface area (Å²) in [7, 11) is -3.26. The van der Waals surface area contributed by atoms with Crippen molar-refractivity contribution in [2.45, 2.75) is 13.8 Å². The van der Waals surface area contributed by atoms with Gasteiger partial charge in [0.1, 0.15) is 0 Å². The highest BCUT2D eigenvalue weighted by atomic mass is 32.2. The van der Waals surface area contributed by atoms with Gasteiger partial charge in [-0.25, -0.2) is 8.42 Å². The second-order valence-electron chi connectivity index (χ2n) is 2.65. The molecule has 0 aromatic rings. The van der Waals surface area contributed by atoms with Crippen LogP contribution in [0.5, 0.6) is 0 Å². The van der Waals surface area contributed by atoms with E-state index in [4.69, 9.17) is 0 Å². The molecular weight excluding hydrogens is 210 g/mol. The van der Waals surface area contributed by atoms with E-state index in [9.17, 15) is 13.6 Å². The standard InChI is InChI=1S/C6H15N3O4S/c1-4-8(5-2)9(10)7-13-6-14(3,11)12/h4-6H2,1-3H3/b9-7-. The molecule has 0 spiro atoms. The first-order valence-corrected chi connectivity index (χ1v) is 6.19. The van der Waals surface area contributed by atoms with E-state index in [1.807, 2.05) is 0 Å². The maximum atomic E-state index is 11.0. The number of sulfone groups is 1. The molecule has 0 aliphatic rings. The molecule has 0 aromatic heterocycles. The topological polar surface area (TPSA) is 85.0 Å². The number of hydrazine groups is 1. The summed E-state index contributed by atoms with van der Waals surface area (Å²) in [5.74, 6) is -0.590. The van der Waals surface area contributed by atoms with Crippen molar-refractivity contribution in [3.8, 4) is 0 Å². The molecule has 0 aromatic carbocycles. The van der Waals surface area contributed by atoms with Gasteiger partial charge in [0.05, 0.1) is 18.1 Å². The third-order valence-electron chi connectivity index (χ3n) is 1.37. The Kier molecular flexibility index (Phi) is 5.21. The molecular formula is C6H15N3O4S. The Bertz CT molecular complexity index is 283. The van der Waals surface area contributed by atoms with E-state index in [0.29, 0.717) is 13.1 Å². The van der Waals surface area contributed by atoms with Gasteiger partial charge < -0.3 is 10.0 Å². The Morgan fingerprint density at radius 3 is 2.29 bits per heavy atom. The molecule has 0 heterocycles. The molecule has 84 valence electrons. The van der Waals surface area contributed by atoms with Crippen molar-refractivity contribution >= 4 is 9.84 Å². The lowest BCUT2D eigenvalue weighted by Gasteiger charge is -2.12. The number of hydrogen-bond acceptors (Lipinski definition) is 5. The summed E-state index contributed by atoms with van der Waals surface area (Å²) in [4.78, 5) is 4.59. The summed E-state index contributed by atoms with van der Waals surface area (Å²) in [6.45, 7) is 4.51. The van der Waals surface area contributed by atoms with Crippen LogP contribution in [0, 0.1) is 5.21 Å². The van der Waals surface area contributed by atoms with Crippen LogP contribution < -0.4 is 0 Å². The van der Waals surface area contributed by atoms with Crippen LogP contribution >= 0.6 is 0 Å². The second kappa shape index (κ2) is 5.63.